The summed E-state index contributed by atoms with van der Waals surface area (Å²) in [7, 11) is 0. The summed E-state index contributed by atoms with van der Waals surface area (Å²) in [6, 6.07) is 6.03. The van der Waals surface area contributed by atoms with Gasteiger partial charge in [-0.1, -0.05) is 24.6 Å². The summed E-state index contributed by atoms with van der Waals surface area (Å²) < 4.78 is 0. The van der Waals surface area contributed by atoms with Crippen molar-refractivity contribution in [2.45, 2.75) is 52.6 Å². The van der Waals surface area contributed by atoms with Crippen LogP contribution in [-0.4, -0.2) is 27.8 Å². The van der Waals surface area contributed by atoms with Crippen LogP contribution in [0.1, 0.15) is 61.6 Å². The molecular formula is C21H25NO3. The van der Waals surface area contributed by atoms with Crippen LogP contribution in [0.5, 0.6) is 0 Å². The highest BCUT2D eigenvalue weighted by molar-refractivity contribution is 6.47. The number of benzene rings is 1. The van der Waals surface area contributed by atoms with Crippen LogP contribution in [0.25, 0.3) is 10.9 Å². The van der Waals surface area contributed by atoms with Gasteiger partial charge in [0.15, 0.2) is 0 Å². The monoisotopic (exact) mass is 339 g/mol. The first kappa shape index (κ1) is 17.6. The fourth-order valence-corrected chi connectivity index (χ4v) is 3.68. The Kier molecular flexibility index (Phi) is 4.65. The van der Waals surface area contributed by atoms with Crippen molar-refractivity contribution in [3.05, 3.63) is 46.7 Å². The lowest BCUT2D eigenvalue weighted by atomic mass is 9.75. The van der Waals surface area contributed by atoms with E-state index in [2.05, 4.69) is 24.9 Å². The van der Waals surface area contributed by atoms with Crippen molar-refractivity contribution in [3.8, 4) is 0 Å². The second kappa shape index (κ2) is 6.60. The van der Waals surface area contributed by atoms with Gasteiger partial charge in [-0.25, -0.2) is 0 Å². The third-order valence-electron chi connectivity index (χ3n) is 5.07. The van der Waals surface area contributed by atoms with Gasteiger partial charge in [0, 0.05) is 28.4 Å². The molecule has 0 bridgehead atoms. The SMILES string of the molecule is CC(C)=CCc1ccc2[nH]c3c(c2c1)C(=O)C(=O)C(C)C3C[C@@H](C)O. The summed E-state index contributed by atoms with van der Waals surface area (Å²) in [5.74, 6) is -1.33. The van der Waals surface area contributed by atoms with Crippen LogP contribution in [0.15, 0.2) is 29.8 Å². The highest BCUT2D eigenvalue weighted by Crippen LogP contribution is 2.40. The van der Waals surface area contributed by atoms with Crippen LogP contribution >= 0.6 is 0 Å². The molecule has 1 aliphatic rings. The van der Waals surface area contributed by atoms with Crippen molar-refractivity contribution in [2.75, 3.05) is 0 Å². The Bertz CT molecular complexity index is 869. The maximum absolute atomic E-state index is 12.7. The summed E-state index contributed by atoms with van der Waals surface area (Å²) >= 11 is 0. The Morgan fingerprint density at radius 2 is 2.04 bits per heavy atom. The van der Waals surface area contributed by atoms with Gasteiger partial charge in [-0.05, 0) is 51.3 Å². The first-order valence-electron chi connectivity index (χ1n) is 8.84. The summed E-state index contributed by atoms with van der Waals surface area (Å²) in [6.07, 6.45) is 2.88. The van der Waals surface area contributed by atoms with Gasteiger partial charge in [-0.3, -0.25) is 9.59 Å². The fourth-order valence-electron chi connectivity index (χ4n) is 3.68. The molecule has 2 unspecified atom stereocenters. The van der Waals surface area contributed by atoms with Gasteiger partial charge < -0.3 is 10.1 Å². The first-order chi connectivity index (χ1) is 11.8. The molecule has 0 radical (unpaired) electrons. The number of nitrogens with one attached hydrogen (secondary N) is 1. The number of carbonyl (C=O) groups is 2. The second-order valence-corrected chi connectivity index (χ2v) is 7.45. The van der Waals surface area contributed by atoms with E-state index in [1.807, 2.05) is 18.2 Å². The van der Waals surface area contributed by atoms with Crippen molar-refractivity contribution >= 4 is 22.5 Å². The van der Waals surface area contributed by atoms with Crippen molar-refractivity contribution in [1.82, 2.24) is 4.98 Å². The minimum Gasteiger partial charge on any atom is -0.393 e. The van der Waals surface area contributed by atoms with Crippen molar-refractivity contribution < 1.29 is 14.7 Å². The van der Waals surface area contributed by atoms with E-state index in [1.54, 1.807) is 13.8 Å². The zero-order chi connectivity index (χ0) is 18.3. The van der Waals surface area contributed by atoms with E-state index < -0.39 is 17.8 Å². The van der Waals surface area contributed by atoms with Crippen LogP contribution in [0.4, 0.5) is 0 Å². The average molecular weight is 339 g/mol. The van der Waals surface area contributed by atoms with Gasteiger partial charge in [0.2, 0.25) is 11.6 Å². The molecule has 0 amide bonds. The van der Waals surface area contributed by atoms with Crippen LogP contribution < -0.4 is 0 Å². The predicted octanol–water partition coefficient (Wildman–Crippen LogP) is 3.93. The Labute approximate surface area is 147 Å². The van der Waals surface area contributed by atoms with Gasteiger partial charge in [-0.2, -0.15) is 0 Å². The number of allylic oxidation sites excluding steroid dienone is 2. The molecule has 1 aromatic heterocycles. The van der Waals surface area contributed by atoms with Crippen LogP contribution in [-0.2, 0) is 11.2 Å². The number of aromatic nitrogens is 1. The number of ketones is 2. The maximum atomic E-state index is 12.7. The minimum atomic E-state index is -0.527. The molecule has 25 heavy (non-hydrogen) atoms. The normalized spacial score (nSPS) is 21.3. The highest BCUT2D eigenvalue weighted by Gasteiger charge is 2.41. The Balaban J connectivity index is 2.14. The molecule has 3 atom stereocenters. The number of carbonyl (C=O) groups excluding carboxylic acids is 2. The quantitative estimate of drug-likeness (QED) is 0.655. The van der Waals surface area contributed by atoms with Gasteiger partial charge in [0.25, 0.3) is 0 Å². The molecule has 1 aliphatic carbocycles. The highest BCUT2D eigenvalue weighted by atomic mass is 16.3. The number of H-pyrrole nitrogens is 1. The van der Waals surface area contributed by atoms with Crippen molar-refractivity contribution in [3.63, 3.8) is 0 Å². The summed E-state index contributed by atoms with van der Waals surface area (Å²) in [6.45, 7) is 7.61. The molecule has 2 N–H and O–H groups in total. The maximum Gasteiger partial charge on any atom is 0.231 e. The zero-order valence-electron chi connectivity index (χ0n) is 15.2. The van der Waals surface area contributed by atoms with Gasteiger partial charge in [0.1, 0.15) is 0 Å². The van der Waals surface area contributed by atoms with E-state index >= 15 is 0 Å². The smallest absolute Gasteiger partial charge is 0.231 e. The minimum absolute atomic E-state index is 0.158. The number of Topliss-reactive ketones (excluding diaryl/α,β-unsaturated/α-hetero) is 2. The van der Waals surface area contributed by atoms with Crippen molar-refractivity contribution in [2.24, 2.45) is 5.92 Å². The molecule has 4 nitrogen and oxygen atoms in total. The number of aliphatic hydroxyl groups excluding tert-OH is 1. The molecule has 0 spiro atoms. The summed E-state index contributed by atoms with van der Waals surface area (Å²) in [4.78, 5) is 28.5. The van der Waals surface area contributed by atoms with Crippen LogP contribution in [0.2, 0.25) is 0 Å². The number of rotatable bonds is 4. The second-order valence-electron chi connectivity index (χ2n) is 7.45. The lowest BCUT2D eigenvalue weighted by Crippen LogP contribution is -2.34. The zero-order valence-corrected chi connectivity index (χ0v) is 15.2. The van der Waals surface area contributed by atoms with Gasteiger partial charge in [0.05, 0.1) is 11.7 Å². The van der Waals surface area contributed by atoms with Crippen molar-refractivity contribution in [1.29, 1.82) is 0 Å². The number of aliphatic hydroxyl groups is 1. The number of hydrogen-bond donors (Lipinski definition) is 2. The van der Waals surface area contributed by atoms with Gasteiger partial charge in [-0.15, -0.1) is 0 Å². The molecule has 0 saturated carbocycles. The van der Waals surface area contributed by atoms with E-state index in [9.17, 15) is 14.7 Å². The standard InChI is InChI=1S/C21H25NO3/c1-11(2)5-6-14-7-8-17-16(10-14)18-19(22-17)15(9-12(3)23)13(4)20(24)21(18)25/h5,7-8,10,12-13,15,22-23H,6,9H2,1-4H3/t12-,13?,15?/m1/s1. The summed E-state index contributed by atoms with van der Waals surface area (Å²) in [5, 5.41) is 10.6. The topological polar surface area (TPSA) is 70.2 Å². The van der Waals surface area contributed by atoms with E-state index in [-0.39, 0.29) is 11.7 Å². The van der Waals surface area contributed by atoms with E-state index in [1.165, 1.54) is 5.57 Å². The molecular weight excluding hydrogens is 314 g/mol. The lowest BCUT2D eigenvalue weighted by molar-refractivity contribution is -0.119. The average Bonchev–Trinajstić information content (AvgIpc) is 2.93. The Morgan fingerprint density at radius 3 is 2.68 bits per heavy atom. The van der Waals surface area contributed by atoms with Crippen LogP contribution in [0, 0.1) is 5.92 Å². The molecule has 0 fully saturated rings. The first-order valence-corrected chi connectivity index (χ1v) is 8.84. The molecule has 1 heterocycles. The summed E-state index contributed by atoms with van der Waals surface area (Å²) in [5.41, 5.74) is 4.53. The lowest BCUT2D eigenvalue weighted by Gasteiger charge is -2.28. The molecule has 132 valence electrons. The molecule has 0 aliphatic heterocycles. The third kappa shape index (κ3) is 3.19. The number of aromatic amines is 1. The molecule has 4 heteroatoms. The largest absolute Gasteiger partial charge is 0.393 e. The van der Waals surface area contributed by atoms with E-state index in [4.69, 9.17) is 0 Å². The molecule has 2 aromatic rings. The van der Waals surface area contributed by atoms with Crippen LogP contribution in [0.3, 0.4) is 0 Å². The van der Waals surface area contributed by atoms with E-state index in [0.29, 0.717) is 12.0 Å². The molecule has 0 saturated heterocycles. The Hall–Kier alpha value is -2.20. The fraction of sp³-hybridized carbons (Fsp3) is 0.429. The van der Waals surface area contributed by atoms with Gasteiger partial charge >= 0.3 is 0 Å². The predicted molar refractivity (Wildman–Crippen MR) is 99.0 cm³/mol. The third-order valence-corrected chi connectivity index (χ3v) is 5.07. The molecule has 3 rings (SSSR count). The number of fused-ring (bicyclic) bond motifs is 3. The molecule has 1 aromatic carbocycles. The number of hydrogen-bond acceptors (Lipinski definition) is 3. The van der Waals surface area contributed by atoms with E-state index in [0.717, 1.165) is 28.6 Å². The Morgan fingerprint density at radius 1 is 1.32 bits per heavy atom.